The average molecular weight is 484 g/mol. The number of amides is 1. The summed E-state index contributed by atoms with van der Waals surface area (Å²) < 4.78 is 10.6. The van der Waals surface area contributed by atoms with Crippen LogP contribution in [-0.4, -0.2) is 30.1 Å². The minimum Gasteiger partial charge on any atom is -0.466 e. The number of methoxy groups -OCH3 is 1. The lowest BCUT2D eigenvalue weighted by molar-refractivity contribution is -0.134. The van der Waals surface area contributed by atoms with Gasteiger partial charge in [-0.25, -0.2) is 9.59 Å². The van der Waals surface area contributed by atoms with Crippen LogP contribution < -0.4 is 0 Å². The molecule has 0 bridgehead atoms. The summed E-state index contributed by atoms with van der Waals surface area (Å²) >= 11 is 0. The molecule has 3 aromatic carbocycles. The largest absolute Gasteiger partial charge is 0.466 e. The van der Waals surface area contributed by atoms with Gasteiger partial charge in [0, 0.05) is 24.1 Å². The molecule has 1 fully saturated rings. The van der Waals surface area contributed by atoms with E-state index in [1.807, 2.05) is 89.8 Å². The molecule has 0 atom stereocenters. The molecule has 0 aliphatic heterocycles. The fourth-order valence-electron chi connectivity index (χ4n) is 4.97. The second kappa shape index (κ2) is 12.2. The Morgan fingerprint density at radius 3 is 2.00 bits per heavy atom. The summed E-state index contributed by atoms with van der Waals surface area (Å²) in [5, 5.41) is 0. The maximum absolute atomic E-state index is 13.3. The Bertz CT molecular complexity index is 1140. The van der Waals surface area contributed by atoms with Gasteiger partial charge in [-0.05, 0) is 42.4 Å². The molecule has 0 N–H and O–H groups in total. The van der Waals surface area contributed by atoms with Gasteiger partial charge in [-0.3, -0.25) is 0 Å². The van der Waals surface area contributed by atoms with E-state index < -0.39 is 0 Å². The molecule has 0 spiro atoms. The van der Waals surface area contributed by atoms with Crippen molar-refractivity contribution in [2.75, 3.05) is 7.11 Å². The van der Waals surface area contributed by atoms with Crippen molar-refractivity contribution in [2.24, 2.45) is 0 Å². The molecule has 1 amide bonds. The van der Waals surface area contributed by atoms with Gasteiger partial charge in [0.05, 0.1) is 7.11 Å². The van der Waals surface area contributed by atoms with Crippen LogP contribution in [0.3, 0.4) is 0 Å². The first-order valence-corrected chi connectivity index (χ1v) is 12.4. The Labute approximate surface area is 213 Å². The van der Waals surface area contributed by atoms with E-state index in [4.69, 9.17) is 9.47 Å². The summed E-state index contributed by atoms with van der Waals surface area (Å²) in [6, 6.07) is 30.1. The van der Waals surface area contributed by atoms with Gasteiger partial charge < -0.3 is 14.4 Å². The predicted molar refractivity (Wildman–Crippen MR) is 140 cm³/mol. The van der Waals surface area contributed by atoms with E-state index in [-0.39, 0.29) is 30.1 Å². The number of ether oxygens (including phenoxy) is 2. The predicted octanol–water partition coefficient (Wildman–Crippen LogP) is 6.44. The Morgan fingerprint density at radius 2 is 1.42 bits per heavy atom. The molecule has 0 radical (unpaired) electrons. The number of hydrogen-bond acceptors (Lipinski definition) is 4. The molecule has 1 saturated carbocycles. The third-order valence-corrected chi connectivity index (χ3v) is 7.01. The molecule has 1 aliphatic rings. The van der Waals surface area contributed by atoms with Crippen molar-refractivity contribution >= 4 is 12.1 Å². The molecule has 186 valence electrons. The van der Waals surface area contributed by atoms with Gasteiger partial charge in [0.1, 0.15) is 6.61 Å². The SMILES string of the molecule is COC(=O)C=CC1(c2ccccc2)CCC(N(Cc2ccccc2)C(=O)OCc2ccccc2)CC1. The highest BCUT2D eigenvalue weighted by Crippen LogP contribution is 2.42. The minimum absolute atomic E-state index is 0.0387. The van der Waals surface area contributed by atoms with Crippen molar-refractivity contribution in [2.45, 2.75) is 50.3 Å². The zero-order valence-corrected chi connectivity index (χ0v) is 20.7. The smallest absolute Gasteiger partial charge is 0.410 e. The van der Waals surface area contributed by atoms with Crippen LogP contribution in [0, 0.1) is 0 Å². The van der Waals surface area contributed by atoms with Gasteiger partial charge in [-0.15, -0.1) is 0 Å². The van der Waals surface area contributed by atoms with E-state index in [1.165, 1.54) is 18.7 Å². The van der Waals surface area contributed by atoms with E-state index >= 15 is 0 Å². The van der Waals surface area contributed by atoms with Crippen molar-refractivity contribution in [1.29, 1.82) is 0 Å². The monoisotopic (exact) mass is 483 g/mol. The van der Waals surface area contributed by atoms with Crippen LogP contribution in [0.4, 0.5) is 4.79 Å². The molecule has 0 heterocycles. The fraction of sp³-hybridized carbons (Fsp3) is 0.290. The van der Waals surface area contributed by atoms with Crippen LogP contribution >= 0.6 is 0 Å². The lowest BCUT2D eigenvalue weighted by Crippen LogP contribution is -2.44. The molecule has 0 unspecified atom stereocenters. The molecular formula is C31H33NO4. The van der Waals surface area contributed by atoms with Gasteiger partial charge in [0.15, 0.2) is 0 Å². The molecule has 5 nitrogen and oxygen atoms in total. The zero-order chi connectivity index (χ0) is 25.2. The van der Waals surface area contributed by atoms with Crippen LogP contribution in [0.15, 0.2) is 103 Å². The van der Waals surface area contributed by atoms with Crippen LogP contribution in [0.5, 0.6) is 0 Å². The summed E-state index contributed by atoms with van der Waals surface area (Å²) in [6.45, 7) is 0.739. The first-order chi connectivity index (χ1) is 17.6. The van der Waals surface area contributed by atoms with Crippen LogP contribution in [-0.2, 0) is 32.8 Å². The Balaban J connectivity index is 1.52. The number of hydrogen-bond donors (Lipinski definition) is 0. The summed E-state index contributed by atoms with van der Waals surface area (Å²) in [7, 11) is 1.39. The first-order valence-electron chi connectivity index (χ1n) is 12.4. The average Bonchev–Trinajstić information content (AvgIpc) is 2.95. The normalized spacial score (nSPS) is 19.5. The molecule has 36 heavy (non-hydrogen) atoms. The van der Waals surface area contributed by atoms with Gasteiger partial charge in [0.2, 0.25) is 0 Å². The quantitative estimate of drug-likeness (QED) is 0.273. The molecule has 3 aromatic rings. The second-order valence-electron chi connectivity index (χ2n) is 9.26. The summed E-state index contributed by atoms with van der Waals surface area (Å²) in [6.07, 6.45) is 6.44. The van der Waals surface area contributed by atoms with Gasteiger partial charge in [0.25, 0.3) is 0 Å². The molecule has 0 saturated heterocycles. The van der Waals surface area contributed by atoms with Gasteiger partial charge in [-0.2, -0.15) is 0 Å². The fourth-order valence-corrected chi connectivity index (χ4v) is 4.97. The number of esters is 1. The molecule has 0 aromatic heterocycles. The lowest BCUT2D eigenvalue weighted by Gasteiger charge is -2.42. The summed E-state index contributed by atoms with van der Waals surface area (Å²) in [5.41, 5.74) is 2.92. The molecule has 5 heteroatoms. The topological polar surface area (TPSA) is 55.8 Å². The van der Waals surface area contributed by atoms with Crippen molar-refractivity contribution < 1.29 is 19.1 Å². The number of benzene rings is 3. The van der Waals surface area contributed by atoms with Crippen molar-refractivity contribution in [1.82, 2.24) is 4.90 Å². The summed E-state index contributed by atoms with van der Waals surface area (Å²) in [5.74, 6) is -0.359. The highest BCUT2D eigenvalue weighted by Gasteiger charge is 2.38. The Hall–Kier alpha value is -3.86. The number of carbonyl (C=O) groups is 2. The Morgan fingerprint density at radius 1 is 0.861 bits per heavy atom. The Kier molecular flexibility index (Phi) is 8.56. The molecule has 1 aliphatic carbocycles. The first kappa shape index (κ1) is 25.2. The number of allylic oxidation sites excluding steroid dienone is 1. The van der Waals surface area contributed by atoms with Gasteiger partial charge in [-0.1, -0.05) is 97.1 Å². The maximum Gasteiger partial charge on any atom is 0.410 e. The van der Waals surface area contributed by atoms with E-state index in [2.05, 4.69) is 12.1 Å². The van der Waals surface area contributed by atoms with Gasteiger partial charge >= 0.3 is 12.1 Å². The molecule has 4 rings (SSSR count). The number of rotatable bonds is 8. The molecular weight excluding hydrogens is 450 g/mol. The van der Waals surface area contributed by atoms with Crippen LogP contribution in [0.25, 0.3) is 0 Å². The van der Waals surface area contributed by atoms with E-state index in [0.717, 1.165) is 36.8 Å². The standard InChI is InChI=1S/C31H33NO4/c1-35-29(33)19-22-31(27-15-9-4-10-16-27)20-17-28(18-21-31)32(23-25-11-5-2-6-12-25)30(34)36-24-26-13-7-3-8-14-26/h2-16,19,22,28H,17-18,20-21,23-24H2,1H3. The van der Waals surface area contributed by atoms with E-state index in [9.17, 15) is 9.59 Å². The lowest BCUT2D eigenvalue weighted by atomic mass is 9.67. The number of nitrogens with zero attached hydrogens (tertiary/aromatic N) is 1. The number of carbonyl (C=O) groups excluding carboxylic acids is 2. The minimum atomic E-state index is -0.359. The van der Waals surface area contributed by atoms with Crippen LogP contribution in [0.1, 0.15) is 42.4 Å². The van der Waals surface area contributed by atoms with Crippen LogP contribution in [0.2, 0.25) is 0 Å². The second-order valence-corrected chi connectivity index (χ2v) is 9.26. The van der Waals surface area contributed by atoms with Crippen molar-refractivity contribution in [3.05, 3.63) is 120 Å². The third-order valence-electron chi connectivity index (χ3n) is 7.01. The summed E-state index contributed by atoms with van der Waals surface area (Å²) in [4.78, 5) is 27.1. The highest BCUT2D eigenvalue weighted by atomic mass is 16.6. The maximum atomic E-state index is 13.3. The van der Waals surface area contributed by atoms with Crippen molar-refractivity contribution in [3.8, 4) is 0 Å². The van der Waals surface area contributed by atoms with E-state index in [1.54, 1.807) is 0 Å². The van der Waals surface area contributed by atoms with Crippen molar-refractivity contribution in [3.63, 3.8) is 0 Å². The third kappa shape index (κ3) is 6.42. The zero-order valence-electron chi connectivity index (χ0n) is 20.7. The van der Waals surface area contributed by atoms with E-state index in [0.29, 0.717) is 6.54 Å². The highest BCUT2D eigenvalue weighted by molar-refractivity contribution is 5.82.